The maximum atomic E-state index is 13.1. The van der Waals surface area contributed by atoms with Crippen molar-refractivity contribution in [3.63, 3.8) is 0 Å². The number of esters is 4. The quantitative estimate of drug-likeness (QED) is 0.0222. The van der Waals surface area contributed by atoms with Crippen molar-refractivity contribution in [3.05, 3.63) is 0 Å². The summed E-state index contributed by atoms with van der Waals surface area (Å²) in [7, 11) is -9.91. The van der Waals surface area contributed by atoms with E-state index in [0.29, 0.717) is 31.6 Å². The van der Waals surface area contributed by atoms with Crippen LogP contribution in [0.25, 0.3) is 0 Å². The molecule has 0 aliphatic rings. The zero-order valence-corrected chi connectivity index (χ0v) is 64.8. The molecule has 0 aliphatic carbocycles. The maximum Gasteiger partial charge on any atom is 0.472 e. The Morgan fingerprint density at radius 1 is 0.260 bits per heavy atom. The lowest BCUT2D eigenvalue weighted by molar-refractivity contribution is -0.161. The Labute approximate surface area is 588 Å². The highest BCUT2D eigenvalue weighted by atomic mass is 31.2. The van der Waals surface area contributed by atoms with E-state index in [1.807, 2.05) is 0 Å². The number of aliphatic hydroxyl groups excluding tert-OH is 1. The molecule has 0 aromatic heterocycles. The molecule has 0 rings (SSSR count). The SMILES string of the molecule is CC(C)CCCCCCCCCCCCCCCCCCCCC(=O)O[C@H](COC(=O)CCCCCCCCCC(C)C)COP(=O)(O)OCC(O)COP(=O)(O)OC[C@@H](COC(=O)CCCCCCCCCCCC(C)C)OC(=O)CCCCCCCCCCCCC(C)C. The van der Waals surface area contributed by atoms with Gasteiger partial charge in [-0.15, -0.1) is 0 Å². The first-order valence-electron chi connectivity index (χ1n) is 39.7. The summed E-state index contributed by atoms with van der Waals surface area (Å²) in [5, 5.41) is 10.6. The van der Waals surface area contributed by atoms with Crippen LogP contribution >= 0.6 is 15.6 Å². The topological polar surface area (TPSA) is 237 Å². The van der Waals surface area contributed by atoms with Gasteiger partial charge < -0.3 is 33.8 Å². The fourth-order valence-electron chi connectivity index (χ4n) is 11.7. The zero-order valence-electron chi connectivity index (χ0n) is 63.0. The van der Waals surface area contributed by atoms with Gasteiger partial charge >= 0.3 is 39.5 Å². The zero-order chi connectivity index (χ0) is 71.0. The highest BCUT2D eigenvalue weighted by molar-refractivity contribution is 7.47. The Morgan fingerprint density at radius 2 is 0.438 bits per heavy atom. The van der Waals surface area contributed by atoms with Gasteiger partial charge in [0.05, 0.1) is 26.4 Å². The molecule has 96 heavy (non-hydrogen) atoms. The molecule has 0 heterocycles. The van der Waals surface area contributed by atoms with Gasteiger partial charge in [0.25, 0.3) is 0 Å². The molecule has 0 spiro atoms. The molecule has 3 N–H and O–H groups in total. The monoisotopic (exact) mass is 1410 g/mol. The van der Waals surface area contributed by atoms with Gasteiger partial charge in [0.1, 0.15) is 19.3 Å². The number of carbonyl (C=O) groups excluding carboxylic acids is 4. The van der Waals surface area contributed by atoms with Gasteiger partial charge in [0.15, 0.2) is 12.2 Å². The average molecular weight is 1410 g/mol. The summed E-state index contributed by atoms with van der Waals surface area (Å²) in [5.41, 5.74) is 0. The number of rotatable bonds is 74. The molecule has 3 unspecified atom stereocenters. The highest BCUT2D eigenvalue weighted by Gasteiger charge is 2.30. The van der Waals surface area contributed by atoms with Crippen LogP contribution in [0.4, 0.5) is 0 Å². The molecule has 5 atom stereocenters. The van der Waals surface area contributed by atoms with Gasteiger partial charge in [-0.3, -0.25) is 37.3 Å². The number of hydrogen-bond donors (Lipinski definition) is 3. The van der Waals surface area contributed by atoms with E-state index in [9.17, 15) is 43.2 Å². The highest BCUT2D eigenvalue weighted by Crippen LogP contribution is 2.45. The minimum absolute atomic E-state index is 0.105. The summed E-state index contributed by atoms with van der Waals surface area (Å²) in [4.78, 5) is 72.8. The molecule has 19 heteroatoms. The van der Waals surface area contributed by atoms with Gasteiger partial charge in [-0.1, -0.05) is 338 Å². The third-order valence-electron chi connectivity index (χ3n) is 17.8. The number of ether oxygens (including phenoxy) is 4. The summed E-state index contributed by atoms with van der Waals surface area (Å²) in [6.45, 7) is 14.2. The Morgan fingerprint density at radius 3 is 0.646 bits per heavy atom. The Bertz CT molecular complexity index is 1880. The molecular formula is C77H150O17P2. The van der Waals surface area contributed by atoms with Crippen molar-refractivity contribution in [2.24, 2.45) is 23.7 Å². The van der Waals surface area contributed by atoms with Crippen LogP contribution in [0.15, 0.2) is 0 Å². The first-order chi connectivity index (χ1) is 46.1. The van der Waals surface area contributed by atoms with Crippen LogP contribution in [0.2, 0.25) is 0 Å². The number of carbonyl (C=O) groups is 4. The van der Waals surface area contributed by atoms with E-state index in [2.05, 4.69) is 55.4 Å². The van der Waals surface area contributed by atoms with Crippen molar-refractivity contribution in [2.75, 3.05) is 39.6 Å². The normalized spacial score (nSPS) is 14.1. The predicted octanol–water partition coefficient (Wildman–Crippen LogP) is 22.4. The number of unbranched alkanes of at least 4 members (excludes halogenated alkanes) is 40. The molecule has 0 radical (unpaired) electrons. The van der Waals surface area contributed by atoms with Crippen molar-refractivity contribution in [2.45, 2.75) is 408 Å². The molecule has 0 saturated carbocycles. The lowest BCUT2D eigenvalue weighted by atomic mass is 10.0. The van der Waals surface area contributed by atoms with Gasteiger partial charge in [-0.05, 0) is 49.4 Å². The van der Waals surface area contributed by atoms with Gasteiger partial charge in [0.2, 0.25) is 0 Å². The predicted molar refractivity (Wildman–Crippen MR) is 391 cm³/mol. The van der Waals surface area contributed by atoms with Crippen LogP contribution in [-0.4, -0.2) is 96.7 Å². The Hall–Kier alpha value is -1.94. The first kappa shape index (κ1) is 94.1. The van der Waals surface area contributed by atoms with Crippen LogP contribution in [0.5, 0.6) is 0 Å². The van der Waals surface area contributed by atoms with Crippen molar-refractivity contribution in [1.29, 1.82) is 0 Å². The van der Waals surface area contributed by atoms with E-state index in [0.717, 1.165) is 114 Å². The van der Waals surface area contributed by atoms with Crippen LogP contribution in [0, 0.1) is 23.7 Å². The largest absolute Gasteiger partial charge is 0.472 e. The van der Waals surface area contributed by atoms with E-state index in [-0.39, 0.29) is 25.7 Å². The van der Waals surface area contributed by atoms with Crippen molar-refractivity contribution in [1.82, 2.24) is 0 Å². The third kappa shape index (κ3) is 70.5. The molecule has 0 aliphatic heterocycles. The molecule has 0 bridgehead atoms. The van der Waals surface area contributed by atoms with Crippen LogP contribution in [0.3, 0.4) is 0 Å². The molecule has 0 aromatic rings. The minimum Gasteiger partial charge on any atom is -0.462 e. The molecule has 0 aromatic carbocycles. The fraction of sp³-hybridized carbons (Fsp3) is 0.948. The Kier molecular flexibility index (Phi) is 65.0. The number of phosphoric ester groups is 2. The lowest BCUT2D eigenvalue weighted by Crippen LogP contribution is -2.30. The van der Waals surface area contributed by atoms with Gasteiger partial charge in [0, 0.05) is 25.7 Å². The summed E-state index contributed by atoms with van der Waals surface area (Å²) >= 11 is 0. The van der Waals surface area contributed by atoms with Crippen molar-refractivity contribution >= 4 is 39.5 Å². The van der Waals surface area contributed by atoms with Crippen LogP contribution in [0.1, 0.15) is 389 Å². The summed E-state index contributed by atoms with van der Waals surface area (Å²) in [6, 6.07) is 0. The molecule has 17 nitrogen and oxygen atoms in total. The van der Waals surface area contributed by atoms with E-state index < -0.39 is 97.5 Å². The van der Waals surface area contributed by atoms with E-state index in [4.69, 9.17) is 37.0 Å². The van der Waals surface area contributed by atoms with E-state index >= 15 is 0 Å². The van der Waals surface area contributed by atoms with Crippen LogP contribution < -0.4 is 0 Å². The van der Waals surface area contributed by atoms with Crippen LogP contribution in [-0.2, 0) is 65.4 Å². The molecular weight excluding hydrogens is 1260 g/mol. The minimum atomic E-state index is -4.96. The second-order valence-corrected chi connectivity index (χ2v) is 32.6. The fourth-order valence-corrected chi connectivity index (χ4v) is 13.3. The molecule has 0 amide bonds. The van der Waals surface area contributed by atoms with E-state index in [1.54, 1.807) is 0 Å². The van der Waals surface area contributed by atoms with Crippen molar-refractivity contribution < 1.29 is 80.2 Å². The number of hydrogen-bond acceptors (Lipinski definition) is 15. The lowest BCUT2D eigenvalue weighted by Gasteiger charge is -2.21. The molecule has 0 saturated heterocycles. The third-order valence-corrected chi connectivity index (χ3v) is 19.7. The van der Waals surface area contributed by atoms with E-state index in [1.165, 1.54) is 186 Å². The molecule has 570 valence electrons. The maximum absolute atomic E-state index is 13.1. The summed E-state index contributed by atoms with van der Waals surface area (Å²) in [6.07, 6.45) is 51.5. The average Bonchev–Trinajstić information content (AvgIpc) is 1.18. The summed E-state index contributed by atoms with van der Waals surface area (Å²) in [5.74, 6) is 0.900. The summed E-state index contributed by atoms with van der Waals surface area (Å²) < 4.78 is 68.5. The van der Waals surface area contributed by atoms with Gasteiger partial charge in [-0.2, -0.15) is 0 Å². The van der Waals surface area contributed by atoms with Crippen molar-refractivity contribution in [3.8, 4) is 0 Å². The number of phosphoric acid groups is 2. The number of aliphatic hydroxyl groups is 1. The standard InChI is InChI=1S/C77H150O17P2/c1-67(2)53-45-37-29-22-17-15-13-11-9-10-12-14-16-18-25-34-43-51-59-76(81)94-73(64-88-75(80)58-50-42-36-28-32-40-48-56-70(7)8)66-92-96(85,86)90-62-71(78)61-89-95(83,84)91-65-72(63-87-74(79)57-49-41-33-27-21-24-31-39-47-55-69(5)6)93-77(82)60-52-44-35-26-20-19-23-30-38-46-54-68(3)4/h67-73,78H,9-66H2,1-8H3,(H,83,84)(H,85,86)/t71?,72-,73-/m1/s1. The second-order valence-electron chi connectivity index (χ2n) is 29.7. The smallest absolute Gasteiger partial charge is 0.462 e. The van der Waals surface area contributed by atoms with Gasteiger partial charge in [-0.25, -0.2) is 9.13 Å². The Balaban J connectivity index is 5.19. The first-order valence-corrected chi connectivity index (χ1v) is 42.7. The second kappa shape index (κ2) is 66.3. The molecule has 0 fully saturated rings.